The van der Waals surface area contributed by atoms with Crippen LogP contribution in [0.1, 0.15) is 59.3 Å². The fraction of sp³-hybridized carbons (Fsp3) is 0.587. The molecule has 59 heavy (non-hydrogen) atoms. The molecule has 0 amide bonds. The molecule has 0 spiro atoms. The molecule has 3 aliphatic carbocycles. The van der Waals surface area contributed by atoms with E-state index < -0.39 is 40.3 Å². The number of aliphatic hydroxyl groups is 1. The number of esters is 4. The smallest absolute Gasteiger partial charge is 0.330 e. The molecule has 12 unspecified atom stereocenters. The van der Waals surface area contributed by atoms with E-state index >= 15 is 0 Å². The first kappa shape index (κ1) is 48.8. The third kappa shape index (κ3) is 13.7. The van der Waals surface area contributed by atoms with Gasteiger partial charge in [-0.25, -0.2) is 9.59 Å². The van der Waals surface area contributed by atoms with E-state index in [0.717, 1.165) is 37.8 Å². The van der Waals surface area contributed by atoms with Gasteiger partial charge in [-0.15, -0.1) is 26.3 Å². The number of carboxylic acids is 1. The zero-order valence-electron chi connectivity index (χ0n) is 34.9. The van der Waals surface area contributed by atoms with Crippen LogP contribution in [0.25, 0.3) is 0 Å². The Bertz CT molecular complexity index is 1590. The number of aliphatic hydroxyl groups excluding tert-OH is 1. The van der Waals surface area contributed by atoms with Crippen LogP contribution in [-0.2, 0) is 52.4 Å². The van der Waals surface area contributed by atoms with Crippen LogP contribution >= 0.6 is 0 Å². The Morgan fingerprint density at radius 2 is 1.00 bits per heavy atom. The summed E-state index contributed by atoms with van der Waals surface area (Å²) < 4.78 is 31.3. The number of carbonyl (C=O) groups is 5. The van der Waals surface area contributed by atoms with Crippen molar-refractivity contribution in [1.29, 1.82) is 0 Å². The van der Waals surface area contributed by atoms with Gasteiger partial charge in [0.1, 0.15) is 44.7 Å². The molecule has 2 N–H and O–H groups in total. The number of hydrogen-bond donors (Lipinski definition) is 2. The number of hydrogen-bond acceptors (Lipinski definition) is 12. The van der Waals surface area contributed by atoms with Crippen molar-refractivity contribution in [1.82, 2.24) is 0 Å². The summed E-state index contributed by atoms with van der Waals surface area (Å²) in [6.07, 6.45) is 17.1. The number of allylic oxidation sites excluding steroid dienone is 6. The maximum Gasteiger partial charge on any atom is 0.330 e. The van der Waals surface area contributed by atoms with Gasteiger partial charge < -0.3 is 38.6 Å². The van der Waals surface area contributed by atoms with Gasteiger partial charge in [-0.2, -0.15) is 0 Å². The fourth-order valence-corrected chi connectivity index (χ4v) is 8.22. The predicted octanol–water partition coefficient (Wildman–Crippen LogP) is 6.14. The first-order valence-corrected chi connectivity index (χ1v) is 20.2. The van der Waals surface area contributed by atoms with E-state index in [2.05, 4.69) is 51.6 Å². The van der Waals surface area contributed by atoms with Crippen molar-refractivity contribution in [3.05, 3.63) is 88.1 Å². The van der Waals surface area contributed by atoms with Gasteiger partial charge in [0, 0.05) is 12.2 Å². The standard InChI is InChI=1S/C29H40O8.C14H20O3.C3H4O2/c1-6-19-11-22(29(5,13-19)27(33)37-18-24-17-34-24)10-9-20-12-21(7-2)28(4,14-20)26(32)36-16-23(30)15-35-25(31)8-3;1-4-10-6-11(5-2)14(3,7-10)13(15)17-9-12-8-16-12;1-2-3(4)5/h6-10,19-24,30H,1-3,11-18H2,4-5H3;4-5,10-12H,1-2,6-9H2,3H3;2H,1H2,(H,4,5)/b10-9-;;. The predicted molar refractivity (Wildman–Crippen MR) is 220 cm³/mol. The number of epoxide rings is 2. The first-order valence-electron chi connectivity index (χ1n) is 20.2. The molecule has 326 valence electrons. The molecule has 0 aromatic heterocycles. The molecule has 0 radical (unpaired) electrons. The largest absolute Gasteiger partial charge is 0.478 e. The van der Waals surface area contributed by atoms with Crippen LogP contribution in [0.4, 0.5) is 0 Å². The summed E-state index contributed by atoms with van der Waals surface area (Å²) >= 11 is 0. The van der Waals surface area contributed by atoms with Gasteiger partial charge in [0.25, 0.3) is 0 Å². The van der Waals surface area contributed by atoms with Crippen molar-refractivity contribution in [2.24, 2.45) is 51.8 Å². The van der Waals surface area contributed by atoms with Crippen LogP contribution in [0.5, 0.6) is 0 Å². The van der Waals surface area contributed by atoms with Crippen LogP contribution < -0.4 is 0 Å². The van der Waals surface area contributed by atoms with Crippen molar-refractivity contribution in [3.63, 3.8) is 0 Å². The Morgan fingerprint density at radius 3 is 1.41 bits per heavy atom. The maximum absolute atomic E-state index is 13.0. The topological polar surface area (TPSA) is 188 Å². The molecule has 3 saturated carbocycles. The second-order valence-corrected chi connectivity index (χ2v) is 16.7. The Labute approximate surface area is 348 Å². The third-order valence-electron chi connectivity index (χ3n) is 12.2. The lowest BCUT2D eigenvalue weighted by Crippen LogP contribution is -2.35. The van der Waals surface area contributed by atoms with Crippen LogP contribution in [0.3, 0.4) is 0 Å². The van der Waals surface area contributed by atoms with E-state index in [1.807, 2.05) is 39.0 Å². The van der Waals surface area contributed by atoms with Crippen LogP contribution in [-0.4, -0.2) is 98.0 Å². The minimum atomic E-state index is -1.13. The summed E-state index contributed by atoms with van der Waals surface area (Å²) in [4.78, 5) is 58.6. The molecular weight excluding hydrogens is 760 g/mol. The van der Waals surface area contributed by atoms with Crippen molar-refractivity contribution < 1.29 is 62.6 Å². The molecule has 12 atom stereocenters. The molecule has 13 heteroatoms. The van der Waals surface area contributed by atoms with Gasteiger partial charge in [-0.1, -0.05) is 49.6 Å². The Kier molecular flexibility index (Phi) is 18.3. The first-order chi connectivity index (χ1) is 27.9. The summed E-state index contributed by atoms with van der Waals surface area (Å²) in [5.74, 6) is -1.61. The SMILES string of the molecule is C=CC(=O)O.C=CC(=O)OCC(O)COC(=O)C1(C)CC(/C=C\C2CC(C=C)CC2(C)C(=O)OCC2CO2)CC1C=C.C=CC1CC(C=C)C(C)(C(=O)OCC2CO2)C1. The van der Waals surface area contributed by atoms with Gasteiger partial charge in [-0.3, -0.25) is 14.4 Å². The molecule has 2 saturated heterocycles. The highest BCUT2D eigenvalue weighted by Gasteiger charge is 2.51. The molecule has 13 nitrogen and oxygen atoms in total. The van der Waals surface area contributed by atoms with Crippen molar-refractivity contribution in [2.45, 2.75) is 77.6 Å². The van der Waals surface area contributed by atoms with Crippen LogP contribution in [0.2, 0.25) is 0 Å². The fourth-order valence-electron chi connectivity index (χ4n) is 8.22. The van der Waals surface area contributed by atoms with Gasteiger partial charge in [0.05, 0.1) is 29.5 Å². The monoisotopic (exact) mass is 824 g/mol. The maximum atomic E-state index is 13.0. The number of ether oxygens (including phenoxy) is 6. The zero-order valence-corrected chi connectivity index (χ0v) is 34.9. The van der Waals surface area contributed by atoms with Gasteiger partial charge in [-0.05, 0) is 94.8 Å². The average Bonchev–Trinajstić information content (AvgIpc) is 4.15. The Morgan fingerprint density at radius 1 is 0.610 bits per heavy atom. The zero-order chi connectivity index (χ0) is 44.0. The van der Waals surface area contributed by atoms with E-state index in [1.165, 1.54) is 0 Å². The average molecular weight is 825 g/mol. The number of aliphatic carboxylic acids is 1. The minimum Gasteiger partial charge on any atom is -0.478 e. The molecule has 5 fully saturated rings. The molecule has 2 heterocycles. The minimum absolute atomic E-state index is 0.00228. The van der Waals surface area contributed by atoms with E-state index in [4.69, 9.17) is 33.5 Å². The normalized spacial score (nSPS) is 34.2. The van der Waals surface area contributed by atoms with Crippen molar-refractivity contribution in [2.75, 3.05) is 39.6 Å². The summed E-state index contributed by atoms with van der Waals surface area (Å²) in [6, 6.07) is 0. The Balaban J connectivity index is 0.000000347. The van der Waals surface area contributed by atoms with Crippen molar-refractivity contribution >= 4 is 29.8 Å². The number of rotatable bonds is 19. The van der Waals surface area contributed by atoms with E-state index in [-0.39, 0.29) is 66.9 Å². The van der Waals surface area contributed by atoms with Crippen molar-refractivity contribution in [3.8, 4) is 0 Å². The third-order valence-corrected chi connectivity index (χ3v) is 12.2. The highest BCUT2D eigenvalue weighted by Crippen LogP contribution is 2.52. The van der Waals surface area contributed by atoms with Gasteiger partial charge >= 0.3 is 29.8 Å². The van der Waals surface area contributed by atoms with Gasteiger partial charge in [0.15, 0.2) is 0 Å². The molecule has 0 aromatic carbocycles. The van der Waals surface area contributed by atoms with E-state index in [9.17, 15) is 29.1 Å². The van der Waals surface area contributed by atoms with Crippen LogP contribution in [0.15, 0.2) is 88.1 Å². The summed E-state index contributed by atoms with van der Waals surface area (Å²) in [7, 11) is 0. The summed E-state index contributed by atoms with van der Waals surface area (Å²) in [5, 5.41) is 17.6. The van der Waals surface area contributed by atoms with Crippen LogP contribution in [0, 0.1) is 51.8 Å². The molecule has 0 bridgehead atoms. The van der Waals surface area contributed by atoms with E-state index in [1.54, 1.807) is 6.08 Å². The Hall–Kier alpha value is -4.59. The van der Waals surface area contributed by atoms with E-state index in [0.29, 0.717) is 45.2 Å². The highest BCUT2D eigenvalue weighted by molar-refractivity contribution is 5.81. The number of carboxylic acid groups (broad SMARTS) is 1. The molecule has 0 aromatic rings. The molecule has 5 rings (SSSR count). The molecular formula is C46H64O13. The highest BCUT2D eigenvalue weighted by atomic mass is 16.6. The summed E-state index contributed by atoms with van der Waals surface area (Å²) in [5.41, 5.74) is -1.90. The lowest BCUT2D eigenvalue weighted by Gasteiger charge is -2.28. The van der Waals surface area contributed by atoms with Gasteiger partial charge in [0.2, 0.25) is 0 Å². The lowest BCUT2D eigenvalue weighted by atomic mass is 9.78. The summed E-state index contributed by atoms with van der Waals surface area (Å²) in [6.45, 7) is 29.0. The second kappa shape index (κ2) is 22.1. The quantitative estimate of drug-likeness (QED) is 0.0497. The second-order valence-electron chi connectivity index (χ2n) is 16.7. The lowest BCUT2D eigenvalue weighted by molar-refractivity contribution is -0.161. The molecule has 2 aliphatic heterocycles. The number of carbonyl (C=O) groups excluding carboxylic acids is 4. The molecule has 5 aliphatic rings.